The van der Waals surface area contributed by atoms with Gasteiger partial charge in [0.05, 0.1) is 5.97 Å². The van der Waals surface area contributed by atoms with E-state index in [1.54, 1.807) is 24.3 Å². The van der Waals surface area contributed by atoms with E-state index in [0.29, 0.717) is 22.2 Å². The molecule has 0 aliphatic rings. The van der Waals surface area contributed by atoms with Crippen LogP contribution in [-0.4, -0.2) is 12.1 Å². The molecule has 3 nitrogen and oxygen atoms in total. The van der Waals surface area contributed by atoms with E-state index >= 15 is 0 Å². The van der Waals surface area contributed by atoms with E-state index in [9.17, 15) is 9.90 Å². The maximum Gasteiger partial charge on any atom is 1.00 e. The van der Waals surface area contributed by atoms with Crippen molar-refractivity contribution in [1.82, 2.24) is 0 Å². The number of carboxylic acid groups (broad SMARTS) is 1. The maximum atomic E-state index is 10.6. The summed E-state index contributed by atoms with van der Waals surface area (Å²) in [4.78, 5) is 10.6. The molecule has 0 fully saturated rings. The molecule has 0 bridgehead atoms. The molecule has 0 N–H and O–H groups in total. The third-order valence-electron chi connectivity index (χ3n) is 2.98. The number of carbonyl (C=O) groups is 1. The summed E-state index contributed by atoms with van der Waals surface area (Å²) in [6.07, 6.45) is -0.326. The molecule has 0 saturated carbocycles. The van der Waals surface area contributed by atoms with Gasteiger partial charge < -0.3 is 14.6 Å². The normalized spacial score (nSPS) is 11.4. The predicted molar refractivity (Wildman–Crippen MR) is 80.8 cm³/mol. The Morgan fingerprint density at radius 3 is 2.36 bits per heavy atom. The van der Waals surface area contributed by atoms with Crippen molar-refractivity contribution in [2.24, 2.45) is 0 Å². The van der Waals surface area contributed by atoms with Gasteiger partial charge in [0.2, 0.25) is 0 Å². The van der Waals surface area contributed by atoms with Crippen LogP contribution in [0, 0.1) is 0 Å². The van der Waals surface area contributed by atoms with Gasteiger partial charge in [0.25, 0.3) is 0 Å². The van der Waals surface area contributed by atoms with Gasteiger partial charge in [0.1, 0.15) is 11.9 Å². The fourth-order valence-electron chi connectivity index (χ4n) is 1.82. The first-order valence-electron chi connectivity index (χ1n) is 6.36. The monoisotopic (exact) mass is 346 g/mol. The molecule has 0 amide bonds. The minimum Gasteiger partial charge on any atom is -0.546 e. The van der Waals surface area contributed by atoms with E-state index < -0.39 is 12.1 Å². The average molecular weight is 347 g/mol. The molecule has 0 aliphatic heterocycles. The summed E-state index contributed by atoms with van der Waals surface area (Å²) in [5, 5.41) is 11.8. The summed E-state index contributed by atoms with van der Waals surface area (Å²) in [6.45, 7) is 1.43. The van der Waals surface area contributed by atoms with E-state index in [-0.39, 0.29) is 29.6 Å². The molecule has 0 aromatic heterocycles. The van der Waals surface area contributed by atoms with E-state index in [1.807, 2.05) is 18.2 Å². The van der Waals surface area contributed by atoms with Gasteiger partial charge in [-0.05, 0) is 48.7 Å². The molecule has 0 heterocycles. The minimum absolute atomic E-state index is 0. The summed E-state index contributed by atoms with van der Waals surface area (Å²) in [6, 6.07) is 12.5. The summed E-state index contributed by atoms with van der Waals surface area (Å²) in [5.74, 6) is -0.760. The Kier molecular flexibility index (Phi) is 7.74. The second kappa shape index (κ2) is 8.80. The Morgan fingerprint density at radius 2 is 1.82 bits per heavy atom. The largest absolute Gasteiger partial charge is 1.00 e. The quantitative estimate of drug-likeness (QED) is 0.722. The average Bonchev–Trinajstić information content (AvgIpc) is 2.43. The Morgan fingerprint density at radius 1 is 1.18 bits per heavy atom. The molecule has 1 atom stereocenters. The second-order valence-corrected chi connectivity index (χ2v) is 5.48. The molecule has 110 valence electrons. The Labute approximate surface area is 161 Å². The van der Waals surface area contributed by atoms with Crippen molar-refractivity contribution in [3.63, 3.8) is 0 Å². The third kappa shape index (κ3) is 5.49. The molecule has 1 unspecified atom stereocenters. The van der Waals surface area contributed by atoms with Crippen LogP contribution in [0.5, 0.6) is 5.75 Å². The zero-order valence-corrected chi connectivity index (χ0v) is 15.8. The van der Waals surface area contributed by atoms with Crippen molar-refractivity contribution in [3.8, 4) is 5.75 Å². The zero-order valence-electron chi connectivity index (χ0n) is 12.3. The summed E-state index contributed by atoms with van der Waals surface area (Å²) < 4.78 is 5.21. The minimum atomic E-state index is -1.24. The number of ether oxygens (including phenoxy) is 1. The second-order valence-electron chi connectivity index (χ2n) is 4.64. The van der Waals surface area contributed by atoms with Crippen LogP contribution < -0.4 is 39.4 Å². The zero-order chi connectivity index (χ0) is 15.4. The first-order chi connectivity index (χ1) is 9.95. The fraction of sp³-hybridized carbons (Fsp3) is 0.188. The van der Waals surface area contributed by atoms with Crippen LogP contribution in [0.25, 0.3) is 0 Å². The third-order valence-corrected chi connectivity index (χ3v) is 3.56. The molecule has 0 aliphatic carbocycles. The number of rotatable bonds is 5. The van der Waals surface area contributed by atoms with E-state index in [2.05, 4.69) is 0 Å². The van der Waals surface area contributed by atoms with Crippen LogP contribution in [-0.2, 0) is 11.2 Å². The van der Waals surface area contributed by atoms with Crippen LogP contribution in [0.1, 0.15) is 18.1 Å². The number of carbonyl (C=O) groups excluding carboxylic acids is 1. The molecule has 6 heteroatoms. The van der Waals surface area contributed by atoms with Crippen LogP contribution in [0.15, 0.2) is 42.5 Å². The van der Waals surface area contributed by atoms with Gasteiger partial charge in [-0.25, -0.2) is 0 Å². The standard InChI is InChI=1S/C16H14Cl2O3.Na/c1-10(16(19)20)21-14-6-2-11(3-7-14)8-12-4-5-13(17)9-15(12)18;/h2-7,9-10H,8H2,1H3,(H,19,20);/q;+1/p-1. The van der Waals surface area contributed by atoms with E-state index in [4.69, 9.17) is 27.9 Å². The summed E-state index contributed by atoms with van der Waals surface area (Å²) in [7, 11) is 0. The Hall–Kier alpha value is -0.710. The predicted octanol–water partition coefficient (Wildman–Crippen LogP) is 0.105. The van der Waals surface area contributed by atoms with Gasteiger partial charge in [-0.1, -0.05) is 41.4 Å². The van der Waals surface area contributed by atoms with Crippen molar-refractivity contribution in [2.75, 3.05) is 0 Å². The topological polar surface area (TPSA) is 49.4 Å². The number of benzene rings is 2. The van der Waals surface area contributed by atoms with Crippen LogP contribution in [0.2, 0.25) is 10.0 Å². The fourth-order valence-corrected chi connectivity index (χ4v) is 2.30. The number of halogens is 2. The number of hydrogen-bond acceptors (Lipinski definition) is 3. The van der Waals surface area contributed by atoms with Crippen molar-refractivity contribution >= 4 is 29.2 Å². The molecule has 0 saturated heterocycles. The molecule has 0 radical (unpaired) electrons. The smallest absolute Gasteiger partial charge is 0.546 e. The van der Waals surface area contributed by atoms with E-state index in [1.165, 1.54) is 6.92 Å². The molecule has 2 aromatic carbocycles. The first-order valence-corrected chi connectivity index (χ1v) is 7.11. The number of carboxylic acids is 1. The van der Waals surface area contributed by atoms with Crippen LogP contribution in [0.3, 0.4) is 0 Å². The summed E-state index contributed by atoms with van der Waals surface area (Å²) in [5.41, 5.74) is 2.01. The molecule has 2 aromatic rings. The maximum absolute atomic E-state index is 10.6. The van der Waals surface area contributed by atoms with Gasteiger partial charge in [-0.2, -0.15) is 0 Å². The first kappa shape index (κ1) is 19.3. The molecular formula is C16H13Cl2NaO3. The molecule has 2 rings (SSSR count). The van der Waals surface area contributed by atoms with Crippen molar-refractivity contribution in [2.45, 2.75) is 19.4 Å². The SMILES string of the molecule is CC(Oc1ccc(Cc2ccc(Cl)cc2Cl)cc1)C(=O)[O-].[Na+]. The molecule has 22 heavy (non-hydrogen) atoms. The van der Waals surface area contributed by atoms with Crippen molar-refractivity contribution in [1.29, 1.82) is 0 Å². The van der Waals surface area contributed by atoms with Gasteiger partial charge in [0, 0.05) is 10.0 Å². The number of aliphatic carboxylic acids is 1. The van der Waals surface area contributed by atoms with Crippen LogP contribution in [0.4, 0.5) is 0 Å². The van der Waals surface area contributed by atoms with Gasteiger partial charge in [0.15, 0.2) is 0 Å². The van der Waals surface area contributed by atoms with Crippen molar-refractivity contribution < 1.29 is 44.2 Å². The molecular weight excluding hydrogens is 334 g/mol. The van der Waals surface area contributed by atoms with Gasteiger partial charge >= 0.3 is 29.6 Å². The van der Waals surface area contributed by atoms with Crippen molar-refractivity contribution in [3.05, 3.63) is 63.6 Å². The number of hydrogen-bond donors (Lipinski definition) is 0. The van der Waals surface area contributed by atoms with Gasteiger partial charge in [-0.15, -0.1) is 0 Å². The van der Waals surface area contributed by atoms with Gasteiger partial charge in [-0.3, -0.25) is 0 Å². The summed E-state index contributed by atoms with van der Waals surface area (Å²) >= 11 is 12.0. The Bertz CT molecular complexity index is 644. The molecule has 0 spiro atoms. The van der Waals surface area contributed by atoms with Crippen LogP contribution >= 0.6 is 23.2 Å². The Balaban J connectivity index is 0.00000242. The van der Waals surface area contributed by atoms with E-state index in [0.717, 1.165) is 11.1 Å².